The van der Waals surface area contributed by atoms with E-state index in [1.807, 2.05) is 55.7 Å². The average molecular weight is 314 g/mol. The van der Waals surface area contributed by atoms with Crippen LogP contribution in [0.15, 0.2) is 23.0 Å². The van der Waals surface area contributed by atoms with Crippen molar-refractivity contribution >= 4 is 21.8 Å². The molecule has 3 aromatic rings. The van der Waals surface area contributed by atoms with Crippen LogP contribution in [0.25, 0.3) is 21.8 Å². The summed E-state index contributed by atoms with van der Waals surface area (Å²) in [6, 6.07) is 5.87. The van der Waals surface area contributed by atoms with E-state index in [1.54, 1.807) is 11.8 Å². The Hall–Kier alpha value is -2.34. The average Bonchev–Trinajstić information content (AvgIpc) is 2.82. The highest BCUT2D eigenvalue weighted by molar-refractivity contribution is 6.09. The van der Waals surface area contributed by atoms with Crippen LogP contribution in [-0.4, -0.2) is 47.0 Å². The van der Waals surface area contributed by atoms with E-state index in [0.717, 1.165) is 34.3 Å². The van der Waals surface area contributed by atoms with Crippen molar-refractivity contribution in [2.75, 3.05) is 27.7 Å². The monoisotopic (exact) mass is 314 g/mol. The molecule has 0 aliphatic rings. The maximum absolute atomic E-state index is 12.9. The van der Waals surface area contributed by atoms with Gasteiger partial charge in [-0.1, -0.05) is 0 Å². The van der Waals surface area contributed by atoms with Crippen molar-refractivity contribution in [1.82, 2.24) is 19.2 Å². The second kappa shape index (κ2) is 5.70. The van der Waals surface area contributed by atoms with Gasteiger partial charge in [0.05, 0.1) is 24.9 Å². The molecule has 6 nitrogen and oxygen atoms in total. The van der Waals surface area contributed by atoms with E-state index >= 15 is 0 Å². The molecule has 0 amide bonds. The summed E-state index contributed by atoms with van der Waals surface area (Å²) in [5.41, 5.74) is 2.49. The van der Waals surface area contributed by atoms with Crippen molar-refractivity contribution in [3.8, 4) is 5.75 Å². The number of ether oxygens (including phenoxy) is 1. The fourth-order valence-electron chi connectivity index (χ4n) is 3.00. The lowest BCUT2D eigenvalue weighted by atomic mass is 10.1. The Kier molecular flexibility index (Phi) is 3.85. The molecule has 0 N–H and O–H groups in total. The van der Waals surface area contributed by atoms with Crippen molar-refractivity contribution in [2.45, 2.75) is 13.5 Å². The molecule has 0 bridgehead atoms. The first-order chi connectivity index (χ1) is 10.9. The van der Waals surface area contributed by atoms with Gasteiger partial charge in [0.15, 0.2) is 0 Å². The summed E-state index contributed by atoms with van der Waals surface area (Å²) in [7, 11) is 7.53. The Morgan fingerprint density at radius 3 is 2.70 bits per heavy atom. The molecule has 122 valence electrons. The second-order valence-corrected chi connectivity index (χ2v) is 6.08. The number of nitrogens with zero attached hydrogens (tertiary/aromatic N) is 4. The minimum Gasteiger partial charge on any atom is -0.497 e. The number of fused-ring (bicyclic) bond motifs is 3. The lowest BCUT2D eigenvalue weighted by molar-refractivity contribution is 0.367. The van der Waals surface area contributed by atoms with Crippen LogP contribution in [0, 0.1) is 6.92 Å². The minimum absolute atomic E-state index is 0.0508. The first-order valence-corrected chi connectivity index (χ1v) is 7.62. The summed E-state index contributed by atoms with van der Waals surface area (Å²) < 4.78 is 8.81. The Morgan fingerprint density at radius 1 is 1.30 bits per heavy atom. The van der Waals surface area contributed by atoms with Crippen LogP contribution in [0.4, 0.5) is 0 Å². The molecule has 0 spiro atoms. The second-order valence-electron chi connectivity index (χ2n) is 6.08. The van der Waals surface area contributed by atoms with Gasteiger partial charge in [0.1, 0.15) is 11.3 Å². The summed E-state index contributed by atoms with van der Waals surface area (Å²) in [6.07, 6.45) is 0. The summed E-state index contributed by atoms with van der Waals surface area (Å²) >= 11 is 0. The van der Waals surface area contributed by atoms with Gasteiger partial charge in [-0.05, 0) is 33.2 Å². The van der Waals surface area contributed by atoms with E-state index in [4.69, 9.17) is 4.74 Å². The zero-order valence-electron chi connectivity index (χ0n) is 14.3. The summed E-state index contributed by atoms with van der Waals surface area (Å²) in [5.74, 6) is 0.780. The molecule has 0 fully saturated rings. The number of likely N-dealkylation sites (N-methyl/N-ethyl adjacent to an activating group) is 1. The molecule has 23 heavy (non-hydrogen) atoms. The highest BCUT2D eigenvalue weighted by Gasteiger charge is 2.17. The molecule has 3 rings (SSSR count). The molecule has 0 aliphatic heterocycles. The van der Waals surface area contributed by atoms with Gasteiger partial charge in [0, 0.05) is 30.4 Å². The standard InChI is InChI=1S/C17H22N4O2/c1-11-15-13-7-6-12(23-5)10-14(13)20(4)16(15)17(22)21(18-11)9-8-19(2)3/h6-7,10H,8-9H2,1-5H3. The molecule has 2 heterocycles. The normalized spacial score (nSPS) is 11.7. The predicted molar refractivity (Wildman–Crippen MR) is 92.3 cm³/mol. The molecule has 0 saturated heterocycles. The van der Waals surface area contributed by atoms with E-state index in [9.17, 15) is 4.79 Å². The number of hydrogen-bond acceptors (Lipinski definition) is 4. The van der Waals surface area contributed by atoms with Crippen molar-refractivity contribution in [2.24, 2.45) is 7.05 Å². The van der Waals surface area contributed by atoms with Gasteiger partial charge >= 0.3 is 0 Å². The number of aromatic nitrogens is 3. The van der Waals surface area contributed by atoms with E-state index < -0.39 is 0 Å². The fourth-order valence-corrected chi connectivity index (χ4v) is 3.00. The SMILES string of the molecule is COc1ccc2c3c(C)nn(CCN(C)C)c(=O)c3n(C)c2c1. The highest BCUT2D eigenvalue weighted by atomic mass is 16.5. The van der Waals surface area contributed by atoms with Gasteiger partial charge in [0.25, 0.3) is 5.56 Å². The Balaban J connectivity index is 2.31. The smallest absolute Gasteiger partial charge is 0.291 e. The number of rotatable bonds is 4. The van der Waals surface area contributed by atoms with E-state index in [2.05, 4.69) is 5.10 Å². The maximum Gasteiger partial charge on any atom is 0.291 e. The maximum atomic E-state index is 12.9. The highest BCUT2D eigenvalue weighted by Crippen LogP contribution is 2.30. The third kappa shape index (κ3) is 2.49. The van der Waals surface area contributed by atoms with Crippen LogP contribution in [0.2, 0.25) is 0 Å². The topological polar surface area (TPSA) is 52.3 Å². The zero-order chi connectivity index (χ0) is 16.7. The fraction of sp³-hybridized carbons (Fsp3) is 0.412. The van der Waals surface area contributed by atoms with Crippen LogP contribution >= 0.6 is 0 Å². The lowest BCUT2D eigenvalue weighted by Gasteiger charge is -2.11. The molecular formula is C17H22N4O2. The zero-order valence-corrected chi connectivity index (χ0v) is 14.3. The minimum atomic E-state index is -0.0508. The quantitative estimate of drug-likeness (QED) is 0.736. The number of methoxy groups -OCH3 is 1. The first-order valence-electron chi connectivity index (χ1n) is 7.62. The van der Waals surface area contributed by atoms with Crippen LogP contribution in [-0.2, 0) is 13.6 Å². The number of aryl methyl sites for hydroxylation is 2. The van der Waals surface area contributed by atoms with E-state index in [-0.39, 0.29) is 5.56 Å². The van der Waals surface area contributed by atoms with Crippen molar-refractivity contribution in [1.29, 1.82) is 0 Å². The van der Waals surface area contributed by atoms with Crippen LogP contribution in [0.3, 0.4) is 0 Å². The van der Waals surface area contributed by atoms with Crippen LogP contribution < -0.4 is 10.3 Å². The van der Waals surface area contributed by atoms with Crippen LogP contribution in [0.1, 0.15) is 5.69 Å². The summed E-state index contributed by atoms with van der Waals surface area (Å²) in [4.78, 5) is 14.9. The van der Waals surface area contributed by atoms with Gasteiger partial charge in [0.2, 0.25) is 0 Å². The predicted octanol–water partition coefficient (Wildman–Crippen LogP) is 1.77. The molecule has 0 unspecified atom stereocenters. The third-order valence-electron chi connectivity index (χ3n) is 4.24. The summed E-state index contributed by atoms with van der Waals surface area (Å²) in [5, 5.41) is 6.47. The molecule has 0 aliphatic carbocycles. The van der Waals surface area contributed by atoms with E-state index in [0.29, 0.717) is 12.1 Å². The van der Waals surface area contributed by atoms with Gasteiger partial charge in [-0.3, -0.25) is 4.79 Å². The van der Waals surface area contributed by atoms with Crippen molar-refractivity contribution < 1.29 is 4.74 Å². The Morgan fingerprint density at radius 2 is 2.04 bits per heavy atom. The van der Waals surface area contributed by atoms with Crippen molar-refractivity contribution in [3.63, 3.8) is 0 Å². The van der Waals surface area contributed by atoms with Crippen molar-refractivity contribution in [3.05, 3.63) is 34.2 Å². The molecule has 6 heteroatoms. The van der Waals surface area contributed by atoms with E-state index in [1.165, 1.54) is 0 Å². The molecule has 0 atom stereocenters. The third-order valence-corrected chi connectivity index (χ3v) is 4.24. The Bertz CT molecular complexity index is 937. The largest absolute Gasteiger partial charge is 0.497 e. The molecular weight excluding hydrogens is 292 g/mol. The molecule has 2 aromatic heterocycles. The Labute approximate surface area is 134 Å². The van der Waals surface area contributed by atoms with Gasteiger partial charge in [-0.25, -0.2) is 4.68 Å². The van der Waals surface area contributed by atoms with Gasteiger partial charge < -0.3 is 14.2 Å². The van der Waals surface area contributed by atoms with Gasteiger partial charge in [-0.15, -0.1) is 0 Å². The molecule has 1 aromatic carbocycles. The van der Waals surface area contributed by atoms with Crippen LogP contribution in [0.5, 0.6) is 5.75 Å². The lowest BCUT2D eigenvalue weighted by Crippen LogP contribution is -2.29. The molecule has 0 saturated carbocycles. The molecule has 0 radical (unpaired) electrons. The van der Waals surface area contributed by atoms with Gasteiger partial charge in [-0.2, -0.15) is 5.10 Å². The summed E-state index contributed by atoms with van der Waals surface area (Å²) in [6.45, 7) is 3.31. The number of benzene rings is 1. The number of hydrogen-bond donors (Lipinski definition) is 0. The first kappa shape index (κ1) is 15.6.